The van der Waals surface area contributed by atoms with Crippen LogP contribution in [0.2, 0.25) is 0 Å². The second-order valence-corrected chi connectivity index (χ2v) is 5.85. The minimum Gasteiger partial charge on any atom is -0.490 e. The van der Waals surface area contributed by atoms with Crippen molar-refractivity contribution in [3.63, 3.8) is 0 Å². The Kier molecular flexibility index (Phi) is 5.85. The quantitative estimate of drug-likeness (QED) is 0.755. The minimum absolute atomic E-state index is 0.108. The van der Waals surface area contributed by atoms with Crippen LogP contribution in [0.3, 0.4) is 0 Å². The molecule has 128 valence electrons. The van der Waals surface area contributed by atoms with E-state index >= 15 is 0 Å². The van der Waals surface area contributed by atoms with Crippen LogP contribution < -0.4 is 10.1 Å². The molecule has 1 N–H and O–H groups in total. The fourth-order valence-corrected chi connectivity index (χ4v) is 2.72. The highest BCUT2D eigenvalue weighted by molar-refractivity contribution is 5.96. The zero-order valence-corrected chi connectivity index (χ0v) is 13.7. The first kappa shape index (κ1) is 16.5. The van der Waals surface area contributed by atoms with Crippen LogP contribution in [0.15, 0.2) is 43.0 Å². The molecule has 0 unspecified atom stereocenters. The molecule has 1 aromatic carbocycles. The first-order valence-electron chi connectivity index (χ1n) is 8.40. The van der Waals surface area contributed by atoms with Crippen molar-refractivity contribution in [2.24, 2.45) is 0 Å². The minimum atomic E-state index is -0.108. The number of amides is 1. The molecule has 0 spiro atoms. The largest absolute Gasteiger partial charge is 0.490 e. The van der Waals surface area contributed by atoms with E-state index in [1.165, 1.54) is 0 Å². The van der Waals surface area contributed by atoms with Crippen LogP contribution in [0.1, 0.15) is 29.6 Å². The Labute approximate surface area is 141 Å². The van der Waals surface area contributed by atoms with E-state index < -0.39 is 0 Å². The number of rotatable bonds is 8. The molecule has 1 atom stereocenters. The topological polar surface area (TPSA) is 65.4 Å². The molecule has 1 aliphatic heterocycles. The van der Waals surface area contributed by atoms with Gasteiger partial charge in [0, 0.05) is 32.1 Å². The molecule has 1 aromatic heterocycles. The second kappa shape index (κ2) is 8.49. The lowest BCUT2D eigenvalue weighted by Gasteiger charge is -2.14. The Morgan fingerprint density at radius 1 is 1.42 bits per heavy atom. The molecule has 0 saturated carbocycles. The van der Waals surface area contributed by atoms with Gasteiger partial charge in [0.2, 0.25) is 0 Å². The van der Waals surface area contributed by atoms with Crippen LogP contribution in [0.25, 0.3) is 0 Å². The molecule has 24 heavy (non-hydrogen) atoms. The first-order valence-corrected chi connectivity index (χ1v) is 8.40. The Morgan fingerprint density at radius 3 is 3.12 bits per heavy atom. The van der Waals surface area contributed by atoms with E-state index in [4.69, 9.17) is 9.47 Å². The highest BCUT2D eigenvalue weighted by atomic mass is 16.5. The van der Waals surface area contributed by atoms with Crippen LogP contribution >= 0.6 is 0 Å². The molecule has 0 radical (unpaired) electrons. The van der Waals surface area contributed by atoms with Gasteiger partial charge in [0.05, 0.1) is 18.0 Å². The van der Waals surface area contributed by atoms with Crippen molar-refractivity contribution in [3.05, 3.63) is 48.5 Å². The Bertz CT molecular complexity index is 637. The van der Waals surface area contributed by atoms with Crippen LogP contribution in [0.4, 0.5) is 0 Å². The molecule has 6 heteroatoms. The molecule has 1 saturated heterocycles. The van der Waals surface area contributed by atoms with Crippen molar-refractivity contribution in [3.8, 4) is 5.75 Å². The van der Waals surface area contributed by atoms with Crippen molar-refractivity contribution in [2.45, 2.75) is 31.9 Å². The number of hydrogen-bond donors (Lipinski definition) is 1. The summed E-state index contributed by atoms with van der Waals surface area (Å²) < 4.78 is 13.4. The Morgan fingerprint density at radius 2 is 2.33 bits per heavy atom. The molecule has 3 rings (SSSR count). The van der Waals surface area contributed by atoms with Crippen LogP contribution in [0, 0.1) is 0 Å². The maximum absolute atomic E-state index is 12.4. The van der Waals surface area contributed by atoms with Gasteiger partial charge in [-0.05, 0) is 31.4 Å². The van der Waals surface area contributed by atoms with E-state index in [9.17, 15) is 4.79 Å². The van der Waals surface area contributed by atoms with E-state index in [-0.39, 0.29) is 12.0 Å². The number of imidazole rings is 1. The number of aromatic nitrogens is 2. The van der Waals surface area contributed by atoms with E-state index in [1.807, 2.05) is 29.0 Å². The second-order valence-electron chi connectivity index (χ2n) is 5.85. The summed E-state index contributed by atoms with van der Waals surface area (Å²) in [6, 6.07) is 7.34. The third-order valence-corrected chi connectivity index (χ3v) is 4.02. The van der Waals surface area contributed by atoms with E-state index in [0.29, 0.717) is 24.5 Å². The Balaban J connectivity index is 1.48. The fourth-order valence-electron chi connectivity index (χ4n) is 2.72. The molecule has 1 fully saturated rings. The molecule has 2 aromatic rings. The Hall–Kier alpha value is -2.34. The van der Waals surface area contributed by atoms with Gasteiger partial charge in [-0.15, -0.1) is 0 Å². The summed E-state index contributed by atoms with van der Waals surface area (Å²) in [4.78, 5) is 16.4. The van der Waals surface area contributed by atoms with E-state index in [2.05, 4.69) is 10.3 Å². The number of ether oxygens (including phenoxy) is 2. The highest BCUT2D eigenvalue weighted by Crippen LogP contribution is 2.20. The normalized spacial score (nSPS) is 16.9. The van der Waals surface area contributed by atoms with E-state index in [0.717, 1.165) is 32.4 Å². The standard InChI is InChI=1S/C18H23N3O3/c22-18(20-8-4-10-21-11-9-19-14-21)16-6-1-2-7-17(16)24-13-15-5-3-12-23-15/h1-2,6-7,9,11,14-15H,3-5,8,10,12-13H2,(H,20,22)/t15-/m0/s1. The van der Waals surface area contributed by atoms with Crippen molar-refractivity contribution in [1.29, 1.82) is 0 Å². The summed E-state index contributed by atoms with van der Waals surface area (Å²) in [6.07, 6.45) is 8.51. The fraction of sp³-hybridized carbons (Fsp3) is 0.444. The highest BCUT2D eigenvalue weighted by Gasteiger charge is 2.18. The van der Waals surface area contributed by atoms with Crippen molar-refractivity contribution in [1.82, 2.24) is 14.9 Å². The van der Waals surface area contributed by atoms with Gasteiger partial charge in [0.15, 0.2) is 0 Å². The number of aryl methyl sites for hydroxylation is 1. The predicted octanol–water partition coefficient (Wildman–Crippen LogP) is 2.26. The summed E-state index contributed by atoms with van der Waals surface area (Å²) in [5.41, 5.74) is 0.568. The van der Waals surface area contributed by atoms with Crippen LogP contribution in [-0.4, -0.2) is 41.3 Å². The number of para-hydroxylation sites is 1. The molecule has 2 heterocycles. The van der Waals surface area contributed by atoms with Crippen molar-refractivity contribution >= 4 is 5.91 Å². The van der Waals surface area contributed by atoms with E-state index in [1.54, 1.807) is 18.6 Å². The summed E-state index contributed by atoms with van der Waals surface area (Å²) in [6.45, 7) is 2.73. The van der Waals surface area contributed by atoms with Gasteiger partial charge < -0.3 is 19.4 Å². The molecule has 1 aliphatic rings. The van der Waals surface area contributed by atoms with Crippen molar-refractivity contribution in [2.75, 3.05) is 19.8 Å². The van der Waals surface area contributed by atoms with Crippen LogP contribution in [0.5, 0.6) is 5.75 Å². The van der Waals surface area contributed by atoms with Crippen LogP contribution in [-0.2, 0) is 11.3 Å². The maximum Gasteiger partial charge on any atom is 0.255 e. The molecule has 0 bridgehead atoms. The summed E-state index contributed by atoms with van der Waals surface area (Å²) in [5, 5.41) is 2.95. The summed E-state index contributed by atoms with van der Waals surface area (Å²) >= 11 is 0. The molecule has 0 aliphatic carbocycles. The lowest BCUT2D eigenvalue weighted by atomic mass is 10.2. The number of carbonyl (C=O) groups excluding carboxylic acids is 1. The third-order valence-electron chi connectivity index (χ3n) is 4.02. The van der Waals surface area contributed by atoms with Gasteiger partial charge in [-0.2, -0.15) is 0 Å². The monoisotopic (exact) mass is 329 g/mol. The number of carbonyl (C=O) groups is 1. The predicted molar refractivity (Wildman–Crippen MR) is 90.1 cm³/mol. The molecular formula is C18H23N3O3. The zero-order chi connectivity index (χ0) is 16.6. The lowest BCUT2D eigenvalue weighted by molar-refractivity contribution is 0.0670. The SMILES string of the molecule is O=C(NCCCn1ccnc1)c1ccccc1OC[C@@H]1CCCO1. The number of nitrogens with zero attached hydrogens (tertiary/aromatic N) is 2. The summed E-state index contributed by atoms with van der Waals surface area (Å²) in [7, 11) is 0. The summed E-state index contributed by atoms with van der Waals surface area (Å²) in [5.74, 6) is 0.503. The number of nitrogens with one attached hydrogen (secondary N) is 1. The van der Waals surface area contributed by atoms with Gasteiger partial charge in [-0.3, -0.25) is 4.79 Å². The average molecular weight is 329 g/mol. The maximum atomic E-state index is 12.4. The van der Waals surface area contributed by atoms with Gasteiger partial charge in [-0.25, -0.2) is 4.98 Å². The molecule has 1 amide bonds. The van der Waals surface area contributed by atoms with Gasteiger partial charge >= 0.3 is 0 Å². The number of benzene rings is 1. The van der Waals surface area contributed by atoms with Crippen molar-refractivity contribution < 1.29 is 14.3 Å². The zero-order valence-electron chi connectivity index (χ0n) is 13.7. The smallest absolute Gasteiger partial charge is 0.255 e. The van der Waals surface area contributed by atoms with Gasteiger partial charge in [-0.1, -0.05) is 12.1 Å². The lowest BCUT2D eigenvalue weighted by Crippen LogP contribution is -2.26. The van der Waals surface area contributed by atoms with Gasteiger partial charge in [0.1, 0.15) is 12.4 Å². The molecular weight excluding hydrogens is 306 g/mol. The third kappa shape index (κ3) is 4.58. The average Bonchev–Trinajstić information content (AvgIpc) is 3.30. The molecule has 6 nitrogen and oxygen atoms in total. The number of hydrogen-bond acceptors (Lipinski definition) is 4. The first-order chi connectivity index (χ1) is 11.8. The van der Waals surface area contributed by atoms with Gasteiger partial charge in [0.25, 0.3) is 5.91 Å².